The first-order chi connectivity index (χ1) is 12.9. The van der Waals surface area contributed by atoms with Crippen LogP contribution in [0.4, 0.5) is 0 Å². The Labute approximate surface area is 162 Å². The fourth-order valence-corrected chi connectivity index (χ4v) is 6.59. The molecule has 0 spiro atoms. The van der Waals surface area contributed by atoms with Crippen LogP contribution in [0.3, 0.4) is 0 Å². The first kappa shape index (κ1) is 17.2. The standard InChI is InChI=1S/C20H23ClN2O4/c21-20-8-12-5-13(9-20)7-19(6-12,11-20)18(25)23-22-17(24)16-10-26-14-3-1-2-4-15(14)27-16/h1-4,12-13,16H,5-11H2,(H,22,24)(H,23,25)/t12-,13+,16-,19?,20?/m0/s1. The van der Waals surface area contributed by atoms with Crippen LogP contribution in [0.2, 0.25) is 0 Å². The van der Waals surface area contributed by atoms with Crippen LogP contribution >= 0.6 is 11.6 Å². The number of benzene rings is 1. The summed E-state index contributed by atoms with van der Waals surface area (Å²) in [5.74, 6) is 1.66. The van der Waals surface area contributed by atoms with Crippen LogP contribution in [0.25, 0.3) is 0 Å². The zero-order valence-corrected chi connectivity index (χ0v) is 15.8. The van der Waals surface area contributed by atoms with Gasteiger partial charge in [0.1, 0.15) is 6.61 Å². The topological polar surface area (TPSA) is 76.7 Å². The molecule has 1 heterocycles. The molecule has 0 radical (unpaired) electrons. The van der Waals surface area contributed by atoms with Gasteiger partial charge in [-0.1, -0.05) is 12.1 Å². The summed E-state index contributed by atoms with van der Waals surface area (Å²) >= 11 is 6.79. The summed E-state index contributed by atoms with van der Waals surface area (Å²) in [5, 5.41) is 0. The SMILES string of the molecule is O=C(NNC(=O)C12C[C@@H]3C[C@@H](CC(Cl)(C3)C1)C2)[C@@H]1COc2ccccc2O1. The number of para-hydroxylation sites is 2. The second-order valence-corrected chi connectivity index (χ2v) is 9.50. The number of hydrazine groups is 1. The van der Waals surface area contributed by atoms with Crippen LogP contribution < -0.4 is 20.3 Å². The van der Waals surface area contributed by atoms with E-state index in [1.54, 1.807) is 12.1 Å². The van der Waals surface area contributed by atoms with E-state index in [1.807, 2.05) is 12.1 Å². The lowest BCUT2D eigenvalue weighted by molar-refractivity contribution is -0.148. The minimum Gasteiger partial charge on any atom is -0.485 e. The third-order valence-corrected chi connectivity index (χ3v) is 7.01. The Morgan fingerprint density at radius 2 is 1.74 bits per heavy atom. The van der Waals surface area contributed by atoms with E-state index in [0.29, 0.717) is 29.8 Å². The average molecular weight is 391 g/mol. The molecule has 5 aliphatic rings. The van der Waals surface area contributed by atoms with E-state index in [4.69, 9.17) is 21.1 Å². The summed E-state index contributed by atoms with van der Waals surface area (Å²) in [6.07, 6.45) is 4.86. The highest BCUT2D eigenvalue weighted by molar-refractivity contribution is 6.24. The summed E-state index contributed by atoms with van der Waals surface area (Å²) in [6.45, 7) is 0.110. The molecular formula is C20H23ClN2O4. The Hall–Kier alpha value is -1.95. The van der Waals surface area contributed by atoms with Gasteiger partial charge in [0, 0.05) is 4.87 Å². The third kappa shape index (κ3) is 2.94. The number of carbonyl (C=O) groups is 2. The molecule has 4 aliphatic carbocycles. The second kappa shape index (κ2) is 6.03. The molecular weight excluding hydrogens is 368 g/mol. The predicted molar refractivity (Wildman–Crippen MR) is 98.3 cm³/mol. The van der Waals surface area contributed by atoms with Crippen LogP contribution in [0.1, 0.15) is 38.5 Å². The van der Waals surface area contributed by atoms with Crippen molar-refractivity contribution in [3.63, 3.8) is 0 Å². The van der Waals surface area contributed by atoms with Crippen molar-refractivity contribution >= 4 is 23.4 Å². The van der Waals surface area contributed by atoms with Gasteiger partial charge in [-0.3, -0.25) is 20.4 Å². The van der Waals surface area contributed by atoms with Crippen molar-refractivity contribution in [2.45, 2.75) is 49.5 Å². The van der Waals surface area contributed by atoms with Gasteiger partial charge in [0.25, 0.3) is 5.91 Å². The van der Waals surface area contributed by atoms with Crippen LogP contribution in [0, 0.1) is 17.3 Å². The molecule has 5 atom stereocenters. The van der Waals surface area contributed by atoms with Crippen molar-refractivity contribution < 1.29 is 19.1 Å². The number of carbonyl (C=O) groups excluding carboxylic acids is 2. The summed E-state index contributed by atoms with van der Waals surface area (Å²) in [4.78, 5) is 25.2. The van der Waals surface area contributed by atoms with Gasteiger partial charge < -0.3 is 9.47 Å². The van der Waals surface area contributed by atoms with Crippen molar-refractivity contribution in [3.8, 4) is 11.5 Å². The summed E-state index contributed by atoms with van der Waals surface area (Å²) in [7, 11) is 0. The Balaban J connectivity index is 1.22. The lowest BCUT2D eigenvalue weighted by Gasteiger charge is -2.59. The molecule has 4 fully saturated rings. The monoisotopic (exact) mass is 390 g/mol. The average Bonchev–Trinajstić information content (AvgIpc) is 2.63. The number of fused-ring (bicyclic) bond motifs is 1. The number of alkyl halides is 1. The number of amides is 2. The molecule has 4 saturated carbocycles. The van der Waals surface area contributed by atoms with E-state index >= 15 is 0 Å². The largest absolute Gasteiger partial charge is 0.485 e. The lowest BCUT2D eigenvalue weighted by atomic mass is 9.49. The molecule has 6 rings (SSSR count). The molecule has 7 heteroatoms. The van der Waals surface area contributed by atoms with Crippen molar-refractivity contribution in [1.82, 2.24) is 10.9 Å². The van der Waals surface area contributed by atoms with E-state index in [0.717, 1.165) is 25.7 Å². The van der Waals surface area contributed by atoms with E-state index < -0.39 is 17.4 Å². The Kier molecular flexibility index (Phi) is 3.83. The summed E-state index contributed by atoms with van der Waals surface area (Å²) in [6, 6.07) is 7.21. The number of hydrogen-bond acceptors (Lipinski definition) is 4. The molecule has 1 aromatic rings. The van der Waals surface area contributed by atoms with Gasteiger partial charge in [0.05, 0.1) is 5.41 Å². The zero-order valence-electron chi connectivity index (χ0n) is 15.0. The minimum atomic E-state index is -0.795. The highest BCUT2D eigenvalue weighted by Gasteiger charge is 2.60. The van der Waals surface area contributed by atoms with Crippen molar-refractivity contribution in [2.24, 2.45) is 17.3 Å². The van der Waals surface area contributed by atoms with Crippen LogP contribution in [0.15, 0.2) is 24.3 Å². The molecule has 144 valence electrons. The van der Waals surface area contributed by atoms with E-state index in [-0.39, 0.29) is 17.4 Å². The molecule has 2 unspecified atom stereocenters. The second-order valence-electron chi connectivity index (χ2n) is 8.70. The molecule has 0 aromatic heterocycles. The van der Waals surface area contributed by atoms with Crippen LogP contribution in [-0.4, -0.2) is 29.4 Å². The van der Waals surface area contributed by atoms with Crippen molar-refractivity contribution in [2.75, 3.05) is 6.61 Å². The molecule has 2 N–H and O–H groups in total. The number of rotatable bonds is 2. The van der Waals surface area contributed by atoms with Gasteiger partial charge in [-0.25, -0.2) is 0 Å². The number of nitrogens with one attached hydrogen (secondary N) is 2. The predicted octanol–water partition coefficient (Wildman–Crippen LogP) is 2.55. The van der Waals surface area contributed by atoms with Crippen molar-refractivity contribution in [3.05, 3.63) is 24.3 Å². The molecule has 1 aromatic carbocycles. The minimum absolute atomic E-state index is 0.110. The Morgan fingerprint density at radius 3 is 2.44 bits per heavy atom. The van der Waals surface area contributed by atoms with Gasteiger partial charge in [-0.05, 0) is 62.5 Å². The van der Waals surface area contributed by atoms with Gasteiger partial charge >= 0.3 is 0 Å². The maximum absolute atomic E-state index is 13.0. The normalized spacial score (nSPS) is 38.3. The van der Waals surface area contributed by atoms with E-state index in [9.17, 15) is 9.59 Å². The fourth-order valence-electron chi connectivity index (χ4n) is 5.90. The summed E-state index contributed by atoms with van der Waals surface area (Å²) < 4.78 is 11.2. The number of ether oxygens (including phenoxy) is 2. The fraction of sp³-hybridized carbons (Fsp3) is 0.600. The van der Waals surface area contributed by atoms with Gasteiger partial charge in [-0.15, -0.1) is 11.6 Å². The molecule has 6 nitrogen and oxygen atoms in total. The van der Waals surface area contributed by atoms with Gasteiger partial charge in [0.2, 0.25) is 12.0 Å². The molecule has 1 aliphatic heterocycles. The smallest absolute Gasteiger partial charge is 0.283 e. The molecule has 27 heavy (non-hydrogen) atoms. The van der Waals surface area contributed by atoms with Crippen LogP contribution in [-0.2, 0) is 9.59 Å². The van der Waals surface area contributed by atoms with Gasteiger partial charge in [0.15, 0.2) is 11.5 Å². The number of hydrogen-bond donors (Lipinski definition) is 2. The van der Waals surface area contributed by atoms with E-state index in [1.165, 1.54) is 6.42 Å². The first-order valence-electron chi connectivity index (χ1n) is 9.62. The van der Waals surface area contributed by atoms with Crippen LogP contribution in [0.5, 0.6) is 11.5 Å². The highest BCUT2D eigenvalue weighted by Crippen LogP contribution is 2.63. The summed E-state index contributed by atoms with van der Waals surface area (Å²) in [5.41, 5.74) is 4.73. The Bertz CT molecular complexity index is 784. The molecule has 2 amide bonds. The van der Waals surface area contributed by atoms with Crippen molar-refractivity contribution in [1.29, 1.82) is 0 Å². The maximum atomic E-state index is 13.0. The quantitative estimate of drug-likeness (QED) is 0.601. The van der Waals surface area contributed by atoms with Gasteiger partial charge in [-0.2, -0.15) is 0 Å². The first-order valence-corrected chi connectivity index (χ1v) is 10.0. The molecule has 0 saturated heterocycles. The third-order valence-electron chi connectivity index (χ3n) is 6.57. The maximum Gasteiger partial charge on any atom is 0.283 e. The van der Waals surface area contributed by atoms with E-state index in [2.05, 4.69) is 10.9 Å². The Morgan fingerprint density at radius 1 is 1.04 bits per heavy atom. The zero-order chi connectivity index (χ0) is 18.6. The number of halogens is 1. The highest BCUT2D eigenvalue weighted by atomic mass is 35.5. The molecule has 4 bridgehead atoms. The lowest BCUT2D eigenvalue weighted by Crippen LogP contribution is -2.61.